The third-order valence-electron chi connectivity index (χ3n) is 4.38. The summed E-state index contributed by atoms with van der Waals surface area (Å²) < 4.78 is 0. The van der Waals surface area contributed by atoms with Gasteiger partial charge in [-0.2, -0.15) is 0 Å². The highest BCUT2D eigenvalue weighted by molar-refractivity contribution is 7.11. The summed E-state index contributed by atoms with van der Waals surface area (Å²) in [6, 6.07) is 7.93. The highest BCUT2D eigenvalue weighted by atomic mass is 32.1. The van der Waals surface area contributed by atoms with Crippen LogP contribution in [-0.2, 0) is 5.41 Å². The number of aliphatic hydroxyl groups excluding tert-OH is 1. The minimum atomic E-state index is -0.708. The average molecular weight is 344 g/mol. The summed E-state index contributed by atoms with van der Waals surface area (Å²) >= 11 is 1.37. The number of thiazole rings is 1. The Morgan fingerprint density at radius 2 is 2.00 bits per heavy atom. The van der Waals surface area contributed by atoms with Crippen LogP contribution in [0.5, 0.6) is 0 Å². The average Bonchev–Trinajstić information content (AvgIpc) is 3.28. The van der Waals surface area contributed by atoms with Gasteiger partial charge in [-0.3, -0.25) is 4.79 Å². The number of amides is 1. The highest BCUT2D eigenvalue weighted by Crippen LogP contribution is 2.41. The molecule has 1 saturated carbocycles. The number of benzene rings is 1. The van der Waals surface area contributed by atoms with Crippen LogP contribution in [0.25, 0.3) is 0 Å². The Balaban J connectivity index is 1.59. The summed E-state index contributed by atoms with van der Waals surface area (Å²) in [5.41, 5.74) is 4.77. The first-order chi connectivity index (χ1) is 11.4. The first-order valence-electron chi connectivity index (χ1n) is 8.36. The molecule has 1 amide bonds. The van der Waals surface area contributed by atoms with Crippen LogP contribution in [0, 0.1) is 0 Å². The molecule has 0 aliphatic heterocycles. The first-order valence-corrected chi connectivity index (χ1v) is 9.24. The van der Waals surface area contributed by atoms with Gasteiger partial charge in [-0.15, -0.1) is 11.3 Å². The van der Waals surface area contributed by atoms with Crippen molar-refractivity contribution in [1.29, 1.82) is 0 Å². The maximum atomic E-state index is 12.3. The van der Waals surface area contributed by atoms with E-state index in [9.17, 15) is 9.90 Å². The van der Waals surface area contributed by atoms with Crippen LogP contribution in [0.4, 0.5) is 0 Å². The smallest absolute Gasteiger partial charge is 0.263 e. The minimum Gasteiger partial charge on any atom is -0.387 e. The quantitative estimate of drug-likeness (QED) is 0.867. The SMILES string of the molecule is CC(C)(C)c1ccc(C(O)CNC(=O)c2scnc2C2CC2)cc1. The lowest BCUT2D eigenvalue weighted by atomic mass is 9.86. The number of nitrogens with zero attached hydrogens (tertiary/aromatic N) is 1. The van der Waals surface area contributed by atoms with Gasteiger partial charge in [0, 0.05) is 12.5 Å². The normalized spacial score (nSPS) is 16.0. The summed E-state index contributed by atoms with van der Waals surface area (Å²) in [7, 11) is 0. The van der Waals surface area contributed by atoms with Crippen LogP contribution in [0.1, 0.15) is 72.1 Å². The van der Waals surface area contributed by atoms with Crippen molar-refractivity contribution in [2.45, 2.75) is 51.0 Å². The van der Waals surface area contributed by atoms with Crippen LogP contribution >= 0.6 is 11.3 Å². The van der Waals surface area contributed by atoms with E-state index < -0.39 is 6.10 Å². The van der Waals surface area contributed by atoms with E-state index in [-0.39, 0.29) is 17.9 Å². The summed E-state index contributed by atoms with van der Waals surface area (Å²) in [5.74, 6) is 0.316. The molecule has 0 bridgehead atoms. The highest BCUT2D eigenvalue weighted by Gasteiger charge is 2.30. The van der Waals surface area contributed by atoms with Gasteiger partial charge in [-0.05, 0) is 29.4 Å². The van der Waals surface area contributed by atoms with Crippen molar-refractivity contribution in [3.8, 4) is 0 Å². The Labute approximate surface area is 146 Å². The van der Waals surface area contributed by atoms with Crippen molar-refractivity contribution in [1.82, 2.24) is 10.3 Å². The number of aromatic nitrogens is 1. The molecular formula is C19H24N2O2S. The molecule has 0 saturated heterocycles. The van der Waals surface area contributed by atoms with Gasteiger partial charge in [0.25, 0.3) is 5.91 Å². The zero-order valence-electron chi connectivity index (χ0n) is 14.4. The monoisotopic (exact) mass is 344 g/mol. The van der Waals surface area contributed by atoms with E-state index in [1.54, 1.807) is 5.51 Å². The standard InChI is InChI=1S/C19H24N2O2S/c1-19(2,3)14-8-6-12(7-9-14)15(22)10-20-18(23)17-16(13-4-5-13)21-11-24-17/h6-9,11,13,15,22H,4-5,10H2,1-3H3,(H,20,23). The number of rotatable bonds is 5. The van der Waals surface area contributed by atoms with Crippen LogP contribution in [0.15, 0.2) is 29.8 Å². The van der Waals surface area contributed by atoms with Crippen molar-refractivity contribution in [3.63, 3.8) is 0 Å². The fourth-order valence-electron chi connectivity index (χ4n) is 2.67. The van der Waals surface area contributed by atoms with Gasteiger partial charge in [0.15, 0.2) is 0 Å². The molecule has 1 aromatic carbocycles. The second-order valence-electron chi connectivity index (χ2n) is 7.44. The third-order valence-corrected chi connectivity index (χ3v) is 5.22. The summed E-state index contributed by atoms with van der Waals surface area (Å²) in [6.07, 6.45) is 1.53. The molecule has 0 radical (unpaired) electrons. The molecule has 2 N–H and O–H groups in total. The molecule has 1 fully saturated rings. The molecule has 1 aromatic heterocycles. The predicted octanol–water partition coefficient (Wildman–Crippen LogP) is 3.78. The van der Waals surface area contributed by atoms with Gasteiger partial charge in [-0.1, -0.05) is 45.0 Å². The van der Waals surface area contributed by atoms with E-state index >= 15 is 0 Å². The number of carbonyl (C=O) groups is 1. The van der Waals surface area contributed by atoms with Crippen molar-refractivity contribution in [2.75, 3.05) is 6.54 Å². The van der Waals surface area contributed by atoms with Crippen molar-refractivity contribution < 1.29 is 9.90 Å². The Bertz CT molecular complexity index is 712. The third kappa shape index (κ3) is 3.84. The molecule has 1 aliphatic carbocycles. The van der Waals surface area contributed by atoms with Gasteiger partial charge in [0.2, 0.25) is 0 Å². The Hall–Kier alpha value is -1.72. The van der Waals surface area contributed by atoms with E-state index in [1.807, 2.05) is 24.3 Å². The summed E-state index contributed by atoms with van der Waals surface area (Å²) in [6.45, 7) is 6.68. The maximum absolute atomic E-state index is 12.3. The molecule has 128 valence electrons. The van der Waals surface area contributed by atoms with Gasteiger partial charge < -0.3 is 10.4 Å². The van der Waals surface area contributed by atoms with Gasteiger partial charge >= 0.3 is 0 Å². The molecule has 24 heavy (non-hydrogen) atoms. The number of carbonyl (C=O) groups excluding carboxylic acids is 1. The van der Waals surface area contributed by atoms with Crippen molar-refractivity contribution >= 4 is 17.2 Å². The molecule has 0 spiro atoms. The van der Waals surface area contributed by atoms with Gasteiger partial charge in [-0.25, -0.2) is 4.98 Å². The Morgan fingerprint density at radius 3 is 2.58 bits per heavy atom. The van der Waals surface area contributed by atoms with Crippen LogP contribution in [-0.4, -0.2) is 22.5 Å². The lowest BCUT2D eigenvalue weighted by molar-refractivity contribution is 0.0919. The molecular weight excluding hydrogens is 320 g/mol. The topological polar surface area (TPSA) is 62.2 Å². The largest absolute Gasteiger partial charge is 0.387 e. The van der Waals surface area contributed by atoms with E-state index in [0.717, 1.165) is 24.1 Å². The van der Waals surface area contributed by atoms with Crippen LogP contribution in [0.2, 0.25) is 0 Å². The van der Waals surface area contributed by atoms with E-state index in [0.29, 0.717) is 10.8 Å². The summed E-state index contributed by atoms with van der Waals surface area (Å²) in [4.78, 5) is 17.3. The molecule has 1 unspecified atom stereocenters. The molecule has 1 heterocycles. The van der Waals surface area contributed by atoms with E-state index in [1.165, 1.54) is 16.9 Å². The predicted molar refractivity (Wildman–Crippen MR) is 96.5 cm³/mol. The Morgan fingerprint density at radius 1 is 1.33 bits per heavy atom. The van der Waals surface area contributed by atoms with E-state index in [4.69, 9.17) is 0 Å². The number of aliphatic hydroxyl groups is 1. The number of hydrogen-bond donors (Lipinski definition) is 2. The molecule has 1 atom stereocenters. The minimum absolute atomic E-state index is 0.0864. The second kappa shape index (κ2) is 6.65. The molecule has 4 nitrogen and oxygen atoms in total. The van der Waals surface area contributed by atoms with Crippen molar-refractivity contribution in [2.24, 2.45) is 0 Å². The lowest BCUT2D eigenvalue weighted by Gasteiger charge is -2.20. The molecule has 2 aromatic rings. The van der Waals surface area contributed by atoms with E-state index in [2.05, 4.69) is 31.1 Å². The fraction of sp³-hybridized carbons (Fsp3) is 0.474. The fourth-order valence-corrected chi connectivity index (χ4v) is 3.46. The molecule has 1 aliphatic rings. The lowest BCUT2D eigenvalue weighted by Crippen LogP contribution is -2.28. The second-order valence-corrected chi connectivity index (χ2v) is 8.29. The zero-order chi connectivity index (χ0) is 17.3. The van der Waals surface area contributed by atoms with Gasteiger partial charge in [0.1, 0.15) is 4.88 Å². The van der Waals surface area contributed by atoms with Crippen molar-refractivity contribution in [3.05, 3.63) is 51.5 Å². The molecule has 3 rings (SSSR count). The summed E-state index contributed by atoms with van der Waals surface area (Å²) in [5, 5.41) is 13.2. The Kier molecular flexibility index (Phi) is 4.74. The number of hydrogen-bond acceptors (Lipinski definition) is 4. The maximum Gasteiger partial charge on any atom is 0.263 e. The van der Waals surface area contributed by atoms with Gasteiger partial charge in [0.05, 0.1) is 17.3 Å². The molecule has 5 heteroatoms. The zero-order valence-corrected chi connectivity index (χ0v) is 15.2. The number of nitrogens with one attached hydrogen (secondary N) is 1. The first kappa shape index (κ1) is 17.1. The van der Waals surface area contributed by atoms with Crippen LogP contribution in [0.3, 0.4) is 0 Å². The van der Waals surface area contributed by atoms with Crippen LogP contribution < -0.4 is 5.32 Å².